The minimum Gasteiger partial charge on any atom is -0.435 e. The van der Waals surface area contributed by atoms with E-state index >= 15 is 0 Å². The van der Waals surface area contributed by atoms with Crippen LogP contribution in [-0.4, -0.2) is 33.1 Å². The Hall–Kier alpha value is -2.58. The monoisotopic (exact) mass is 269 g/mol. The van der Waals surface area contributed by atoms with Crippen LogP contribution >= 0.6 is 0 Å². The summed E-state index contributed by atoms with van der Waals surface area (Å²) in [6.45, 7) is -2.78. The second-order valence-electron chi connectivity index (χ2n) is 3.41. The zero-order valence-electron chi connectivity index (χ0n) is 9.51. The molecule has 1 amide bonds. The SMILES string of the molecule is O=C(NCc1nn[nH]n1)c1ccc(OC(F)F)cc1. The number of nitrogens with zero attached hydrogens (tertiary/aromatic N) is 3. The summed E-state index contributed by atoms with van der Waals surface area (Å²) in [6.07, 6.45) is 0. The number of carbonyl (C=O) groups excluding carboxylic acids is 1. The summed E-state index contributed by atoms with van der Waals surface area (Å²) in [5, 5.41) is 15.5. The van der Waals surface area contributed by atoms with Crippen LogP contribution in [0.3, 0.4) is 0 Å². The van der Waals surface area contributed by atoms with Gasteiger partial charge in [0.2, 0.25) is 0 Å². The van der Waals surface area contributed by atoms with Crippen LogP contribution in [0.25, 0.3) is 0 Å². The smallest absolute Gasteiger partial charge is 0.387 e. The van der Waals surface area contributed by atoms with Crippen LogP contribution < -0.4 is 10.1 Å². The van der Waals surface area contributed by atoms with E-state index in [0.29, 0.717) is 11.4 Å². The minimum atomic E-state index is -2.89. The van der Waals surface area contributed by atoms with E-state index in [-0.39, 0.29) is 18.2 Å². The normalized spacial score (nSPS) is 10.5. The molecule has 2 aromatic rings. The number of ether oxygens (including phenoxy) is 1. The van der Waals surface area contributed by atoms with Gasteiger partial charge in [0.25, 0.3) is 5.91 Å². The molecule has 0 aliphatic heterocycles. The second-order valence-corrected chi connectivity index (χ2v) is 3.41. The number of rotatable bonds is 5. The number of aromatic nitrogens is 4. The van der Waals surface area contributed by atoms with Crippen molar-refractivity contribution >= 4 is 5.91 Å². The molecule has 0 aliphatic rings. The number of tetrazole rings is 1. The van der Waals surface area contributed by atoms with Gasteiger partial charge in [-0.15, -0.1) is 10.2 Å². The summed E-state index contributed by atoms with van der Waals surface area (Å²) in [7, 11) is 0. The predicted molar refractivity (Wildman–Crippen MR) is 58.4 cm³/mol. The van der Waals surface area contributed by atoms with Gasteiger partial charge in [0.1, 0.15) is 5.75 Å². The molecule has 1 aromatic carbocycles. The van der Waals surface area contributed by atoms with Crippen molar-refractivity contribution in [2.24, 2.45) is 0 Å². The molecule has 0 bridgehead atoms. The average molecular weight is 269 g/mol. The van der Waals surface area contributed by atoms with E-state index in [4.69, 9.17) is 0 Å². The zero-order valence-corrected chi connectivity index (χ0v) is 9.51. The van der Waals surface area contributed by atoms with Crippen molar-refractivity contribution in [1.82, 2.24) is 25.9 Å². The summed E-state index contributed by atoms with van der Waals surface area (Å²) in [5.41, 5.74) is 0.310. The lowest BCUT2D eigenvalue weighted by Crippen LogP contribution is -2.23. The lowest BCUT2D eigenvalue weighted by Gasteiger charge is -2.05. The third-order valence-electron chi connectivity index (χ3n) is 2.14. The summed E-state index contributed by atoms with van der Waals surface area (Å²) in [6, 6.07) is 5.33. The molecule has 19 heavy (non-hydrogen) atoms. The van der Waals surface area contributed by atoms with E-state index in [0.717, 1.165) is 0 Å². The Kier molecular flexibility index (Phi) is 3.96. The summed E-state index contributed by atoms with van der Waals surface area (Å²) in [4.78, 5) is 11.7. The molecule has 1 aromatic heterocycles. The number of benzene rings is 1. The Labute approximate surface area is 106 Å². The highest BCUT2D eigenvalue weighted by Crippen LogP contribution is 2.14. The molecule has 2 rings (SSSR count). The van der Waals surface area contributed by atoms with Crippen molar-refractivity contribution in [3.63, 3.8) is 0 Å². The highest BCUT2D eigenvalue weighted by atomic mass is 19.3. The second kappa shape index (κ2) is 5.85. The Morgan fingerprint density at radius 3 is 2.68 bits per heavy atom. The van der Waals surface area contributed by atoms with Crippen molar-refractivity contribution in [2.45, 2.75) is 13.2 Å². The van der Waals surface area contributed by atoms with Gasteiger partial charge < -0.3 is 10.1 Å². The van der Waals surface area contributed by atoms with Crippen LogP contribution in [-0.2, 0) is 6.54 Å². The lowest BCUT2D eigenvalue weighted by molar-refractivity contribution is -0.0498. The summed E-state index contributed by atoms with van der Waals surface area (Å²) in [5.74, 6) is -0.0517. The first-order chi connectivity index (χ1) is 9.15. The number of aromatic amines is 1. The topological polar surface area (TPSA) is 92.8 Å². The van der Waals surface area contributed by atoms with Gasteiger partial charge in [-0.3, -0.25) is 4.79 Å². The molecule has 0 aliphatic carbocycles. The number of amides is 1. The number of hydrogen-bond acceptors (Lipinski definition) is 5. The molecule has 9 heteroatoms. The first-order valence-electron chi connectivity index (χ1n) is 5.20. The van der Waals surface area contributed by atoms with Crippen molar-refractivity contribution in [2.75, 3.05) is 0 Å². The van der Waals surface area contributed by atoms with Crippen LogP contribution in [0.5, 0.6) is 5.75 Å². The van der Waals surface area contributed by atoms with Crippen LogP contribution in [0.4, 0.5) is 8.78 Å². The standard InChI is InChI=1S/C10H9F2N5O2/c11-10(12)19-7-3-1-6(2-4-7)9(18)13-5-8-14-16-17-15-8/h1-4,10H,5H2,(H,13,18)(H,14,15,16,17). The van der Waals surface area contributed by atoms with Gasteiger partial charge in [-0.05, 0) is 24.3 Å². The molecule has 0 saturated heterocycles. The van der Waals surface area contributed by atoms with Gasteiger partial charge in [0, 0.05) is 5.56 Å². The molecule has 0 radical (unpaired) electrons. The maximum Gasteiger partial charge on any atom is 0.387 e. The number of carbonyl (C=O) groups is 1. The lowest BCUT2D eigenvalue weighted by atomic mass is 10.2. The molecule has 100 valence electrons. The number of H-pyrrole nitrogens is 1. The van der Waals surface area contributed by atoms with E-state index in [1.807, 2.05) is 0 Å². The fourth-order valence-corrected chi connectivity index (χ4v) is 1.31. The number of nitrogens with one attached hydrogen (secondary N) is 2. The van der Waals surface area contributed by atoms with E-state index in [1.165, 1.54) is 24.3 Å². The van der Waals surface area contributed by atoms with Gasteiger partial charge >= 0.3 is 6.61 Å². The molecule has 7 nitrogen and oxygen atoms in total. The maximum absolute atomic E-state index is 11.9. The Balaban J connectivity index is 1.92. The molecular formula is C10H9F2N5O2. The van der Waals surface area contributed by atoms with Crippen molar-refractivity contribution in [3.05, 3.63) is 35.7 Å². The van der Waals surface area contributed by atoms with Crippen molar-refractivity contribution in [3.8, 4) is 5.75 Å². The molecule has 0 atom stereocenters. The number of halogens is 2. The third kappa shape index (κ3) is 3.69. The quantitative estimate of drug-likeness (QED) is 0.834. The molecule has 0 saturated carbocycles. The average Bonchev–Trinajstić information content (AvgIpc) is 2.89. The van der Waals surface area contributed by atoms with Gasteiger partial charge in [-0.25, -0.2) is 0 Å². The zero-order chi connectivity index (χ0) is 13.7. The van der Waals surface area contributed by atoms with Crippen molar-refractivity contribution in [1.29, 1.82) is 0 Å². The molecule has 2 N–H and O–H groups in total. The van der Waals surface area contributed by atoms with Gasteiger partial charge in [0.05, 0.1) is 6.54 Å². The number of hydrogen-bond donors (Lipinski definition) is 2. The first kappa shape index (κ1) is 12.9. The fourth-order valence-electron chi connectivity index (χ4n) is 1.31. The van der Waals surface area contributed by atoms with Gasteiger partial charge in [-0.2, -0.15) is 14.0 Å². The van der Waals surface area contributed by atoms with Crippen LogP contribution in [0, 0.1) is 0 Å². The van der Waals surface area contributed by atoms with Crippen molar-refractivity contribution < 1.29 is 18.3 Å². The fraction of sp³-hybridized carbons (Fsp3) is 0.200. The van der Waals surface area contributed by atoms with Gasteiger partial charge in [-0.1, -0.05) is 5.21 Å². The largest absolute Gasteiger partial charge is 0.435 e. The molecule has 1 heterocycles. The van der Waals surface area contributed by atoms with Crippen LogP contribution in [0.2, 0.25) is 0 Å². The Morgan fingerprint density at radius 1 is 1.37 bits per heavy atom. The highest BCUT2D eigenvalue weighted by Gasteiger charge is 2.08. The van der Waals surface area contributed by atoms with Crippen LogP contribution in [0.15, 0.2) is 24.3 Å². The predicted octanol–water partition coefficient (Wildman–Crippen LogP) is 0.731. The first-order valence-corrected chi connectivity index (χ1v) is 5.20. The van der Waals surface area contributed by atoms with E-state index < -0.39 is 6.61 Å². The van der Waals surface area contributed by atoms with Gasteiger partial charge in [0.15, 0.2) is 5.82 Å². The summed E-state index contributed by atoms with van der Waals surface area (Å²) >= 11 is 0. The molecule has 0 fully saturated rings. The maximum atomic E-state index is 11.9. The molecular weight excluding hydrogens is 260 g/mol. The summed E-state index contributed by atoms with van der Waals surface area (Å²) < 4.78 is 28.0. The van der Waals surface area contributed by atoms with Crippen LogP contribution in [0.1, 0.15) is 16.2 Å². The third-order valence-corrected chi connectivity index (χ3v) is 2.14. The minimum absolute atomic E-state index is 0.00952. The Bertz CT molecular complexity index is 529. The van der Waals surface area contributed by atoms with E-state index in [9.17, 15) is 13.6 Å². The van der Waals surface area contributed by atoms with E-state index in [2.05, 4.69) is 30.7 Å². The highest BCUT2D eigenvalue weighted by molar-refractivity contribution is 5.94. The van der Waals surface area contributed by atoms with E-state index in [1.54, 1.807) is 0 Å². The Morgan fingerprint density at radius 2 is 2.11 bits per heavy atom. The molecule has 0 spiro atoms. The number of alkyl halides is 2. The molecule has 0 unspecified atom stereocenters.